The molecule has 19 heavy (non-hydrogen) atoms. The minimum absolute atomic E-state index is 0. The molecule has 1 atom stereocenters. The monoisotopic (exact) mass is 388 g/mol. The lowest BCUT2D eigenvalue weighted by molar-refractivity contribution is 0.547. The summed E-state index contributed by atoms with van der Waals surface area (Å²) in [5.41, 5.74) is 5.86. The fourth-order valence-electron chi connectivity index (χ4n) is 1.62. The van der Waals surface area contributed by atoms with Crippen LogP contribution in [0.15, 0.2) is 27.6 Å². The van der Waals surface area contributed by atoms with Gasteiger partial charge in [-0.2, -0.15) is 0 Å². The van der Waals surface area contributed by atoms with Crippen molar-refractivity contribution in [3.8, 4) is 0 Å². The van der Waals surface area contributed by atoms with Gasteiger partial charge < -0.3 is 5.73 Å². The molecule has 1 aliphatic carbocycles. The van der Waals surface area contributed by atoms with Gasteiger partial charge in [0.25, 0.3) is 0 Å². The second-order valence-electron chi connectivity index (χ2n) is 4.43. The summed E-state index contributed by atoms with van der Waals surface area (Å²) in [5.74, 6) is 0.459. The Balaban J connectivity index is 0.00000180. The highest BCUT2D eigenvalue weighted by atomic mass is 79.9. The number of halogens is 3. The van der Waals surface area contributed by atoms with Gasteiger partial charge in [0.2, 0.25) is 10.0 Å². The quantitative estimate of drug-likeness (QED) is 0.812. The van der Waals surface area contributed by atoms with Crippen molar-refractivity contribution >= 4 is 50.0 Å². The molecule has 1 fully saturated rings. The van der Waals surface area contributed by atoms with Gasteiger partial charge in [0.1, 0.15) is 0 Å². The lowest BCUT2D eigenvalue weighted by atomic mass is 10.2. The Morgan fingerprint density at radius 2 is 2.11 bits per heavy atom. The number of hydrogen-bond acceptors (Lipinski definition) is 3. The van der Waals surface area contributed by atoms with Crippen molar-refractivity contribution in [2.45, 2.75) is 23.8 Å². The van der Waals surface area contributed by atoms with E-state index < -0.39 is 10.0 Å². The standard InChI is InChI=1S/C11H14BrClN2O2S.ClH/c12-9-4-3-8(5-10(9)13)18(16,17)15-6-11(14)7-1-2-7;/h3-5,7,11,15H,1-2,6,14H2;1H. The molecule has 0 aromatic heterocycles. The van der Waals surface area contributed by atoms with Crippen LogP contribution in [-0.2, 0) is 10.0 Å². The van der Waals surface area contributed by atoms with Gasteiger partial charge in [0, 0.05) is 17.1 Å². The number of benzene rings is 1. The lowest BCUT2D eigenvalue weighted by Crippen LogP contribution is -2.38. The molecular weight excluding hydrogens is 375 g/mol. The van der Waals surface area contributed by atoms with Crippen LogP contribution in [0.3, 0.4) is 0 Å². The van der Waals surface area contributed by atoms with E-state index in [1.54, 1.807) is 6.07 Å². The molecule has 2 rings (SSSR count). The summed E-state index contributed by atoms with van der Waals surface area (Å²) in [6.07, 6.45) is 2.18. The zero-order valence-electron chi connectivity index (χ0n) is 9.97. The molecule has 0 radical (unpaired) electrons. The van der Waals surface area contributed by atoms with E-state index in [9.17, 15) is 8.42 Å². The predicted octanol–water partition coefficient (Wildman–Crippen LogP) is 2.54. The molecule has 0 spiro atoms. The Morgan fingerprint density at radius 1 is 1.47 bits per heavy atom. The lowest BCUT2D eigenvalue weighted by Gasteiger charge is -2.12. The Labute approximate surface area is 132 Å². The van der Waals surface area contributed by atoms with E-state index in [0.717, 1.165) is 12.8 Å². The Kier molecular flexibility index (Phi) is 6.10. The predicted molar refractivity (Wildman–Crippen MR) is 82.3 cm³/mol. The van der Waals surface area contributed by atoms with Crippen molar-refractivity contribution < 1.29 is 8.42 Å². The zero-order valence-corrected chi connectivity index (χ0v) is 13.9. The van der Waals surface area contributed by atoms with Crippen LogP contribution in [0, 0.1) is 5.92 Å². The van der Waals surface area contributed by atoms with Crippen LogP contribution in [0.5, 0.6) is 0 Å². The van der Waals surface area contributed by atoms with Gasteiger partial charge in [0.15, 0.2) is 0 Å². The first-order valence-corrected chi connectivity index (χ1v) is 8.26. The second-order valence-corrected chi connectivity index (χ2v) is 7.46. The van der Waals surface area contributed by atoms with Gasteiger partial charge in [0.05, 0.1) is 9.92 Å². The molecule has 0 amide bonds. The first-order chi connectivity index (χ1) is 8.40. The largest absolute Gasteiger partial charge is 0.326 e. The van der Waals surface area contributed by atoms with Crippen LogP contribution in [0.4, 0.5) is 0 Å². The van der Waals surface area contributed by atoms with Crippen molar-refractivity contribution in [3.05, 3.63) is 27.7 Å². The van der Waals surface area contributed by atoms with Crippen molar-refractivity contribution in [2.75, 3.05) is 6.54 Å². The third-order valence-corrected chi connectivity index (χ3v) is 5.59. The molecule has 1 unspecified atom stereocenters. The average Bonchev–Trinajstić information content (AvgIpc) is 3.13. The van der Waals surface area contributed by atoms with E-state index in [1.807, 2.05) is 0 Å². The SMILES string of the molecule is Cl.NC(CNS(=O)(=O)c1ccc(Br)c(Cl)c1)C1CC1. The van der Waals surface area contributed by atoms with Crippen LogP contribution in [0.2, 0.25) is 5.02 Å². The summed E-state index contributed by atoms with van der Waals surface area (Å²) < 4.78 is 27.2. The second kappa shape index (κ2) is 6.74. The van der Waals surface area contributed by atoms with Gasteiger partial charge >= 0.3 is 0 Å². The van der Waals surface area contributed by atoms with Gasteiger partial charge in [-0.05, 0) is 52.9 Å². The summed E-state index contributed by atoms with van der Waals surface area (Å²) in [6.45, 7) is 0.265. The molecule has 8 heteroatoms. The number of hydrogen-bond donors (Lipinski definition) is 2. The van der Waals surface area contributed by atoms with Crippen LogP contribution in [0.25, 0.3) is 0 Å². The van der Waals surface area contributed by atoms with Crippen molar-refractivity contribution in [1.29, 1.82) is 0 Å². The smallest absolute Gasteiger partial charge is 0.240 e. The Bertz CT molecular complexity index is 550. The number of rotatable bonds is 5. The van der Waals surface area contributed by atoms with Gasteiger partial charge in [-0.25, -0.2) is 13.1 Å². The van der Waals surface area contributed by atoms with Crippen LogP contribution in [0.1, 0.15) is 12.8 Å². The molecule has 0 aliphatic heterocycles. The highest BCUT2D eigenvalue weighted by molar-refractivity contribution is 9.10. The Morgan fingerprint density at radius 3 is 2.63 bits per heavy atom. The molecule has 1 aliphatic rings. The minimum Gasteiger partial charge on any atom is -0.326 e. The third kappa shape index (κ3) is 4.58. The molecule has 0 saturated heterocycles. The summed E-state index contributed by atoms with van der Waals surface area (Å²) in [7, 11) is -3.54. The summed E-state index contributed by atoms with van der Waals surface area (Å²) >= 11 is 9.10. The van der Waals surface area contributed by atoms with Crippen LogP contribution >= 0.6 is 39.9 Å². The average molecular weight is 390 g/mol. The molecule has 0 heterocycles. The molecule has 1 saturated carbocycles. The molecule has 4 nitrogen and oxygen atoms in total. The van der Waals surface area contributed by atoms with Crippen molar-refractivity contribution in [2.24, 2.45) is 11.7 Å². The number of sulfonamides is 1. The topological polar surface area (TPSA) is 72.2 Å². The van der Waals surface area contributed by atoms with Gasteiger partial charge in [-0.1, -0.05) is 11.6 Å². The molecule has 1 aromatic carbocycles. The maximum atomic E-state index is 12.0. The normalized spacial score (nSPS) is 16.8. The molecule has 3 N–H and O–H groups in total. The molecular formula is C11H15BrCl2N2O2S. The zero-order chi connectivity index (χ0) is 13.3. The summed E-state index contributed by atoms with van der Waals surface area (Å²) in [4.78, 5) is 0.152. The number of nitrogens with one attached hydrogen (secondary N) is 1. The van der Waals surface area contributed by atoms with E-state index in [-0.39, 0.29) is 29.9 Å². The molecule has 0 bridgehead atoms. The Hall–Kier alpha value is 0.150. The molecule has 1 aromatic rings. The highest BCUT2D eigenvalue weighted by Gasteiger charge is 2.29. The molecule has 108 valence electrons. The highest BCUT2D eigenvalue weighted by Crippen LogP contribution is 2.31. The first kappa shape index (κ1) is 17.2. The van der Waals surface area contributed by atoms with Crippen molar-refractivity contribution in [1.82, 2.24) is 4.72 Å². The maximum Gasteiger partial charge on any atom is 0.240 e. The van der Waals surface area contributed by atoms with E-state index in [0.29, 0.717) is 15.4 Å². The van der Waals surface area contributed by atoms with E-state index in [1.165, 1.54) is 12.1 Å². The van der Waals surface area contributed by atoms with Crippen LogP contribution < -0.4 is 10.5 Å². The summed E-state index contributed by atoms with van der Waals surface area (Å²) in [6, 6.07) is 4.42. The van der Waals surface area contributed by atoms with Crippen molar-refractivity contribution in [3.63, 3.8) is 0 Å². The fraction of sp³-hybridized carbons (Fsp3) is 0.455. The van der Waals surface area contributed by atoms with Gasteiger partial charge in [-0.15, -0.1) is 12.4 Å². The third-order valence-electron chi connectivity index (χ3n) is 2.94. The minimum atomic E-state index is -3.54. The summed E-state index contributed by atoms with van der Waals surface area (Å²) in [5, 5.41) is 0.365. The first-order valence-electron chi connectivity index (χ1n) is 5.60. The fourth-order valence-corrected chi connectivity index (χ4v) is 3.21. The van der Waals surface area contributed by atoms with E-state index in [4.69, 9.17) is 17.3 Å². The van der Waals surface area contributed by atoms with E-state index in [2.05, 4.69) is 20.7 Å². The number of nitrogens with two attached hydrogens (primary N) is 1. The van der Waals surface area contributed by atoms with Crippen LogP contribution in [-0.4, -0.2) is 21.0 Å². The maximum absolute atomic E-state index is 12.0. The van der Waals surface area contributed by atoms with E-state index >= 15 is 0 Å². The van der Waals surface area contributed by atoms with Gasteiger partial charge in [-0.3, -0.25) is 0 Å².